The summed E-state index contributed by atoms with van der Waals surface area (Å²) in [5, 5.41) is 0. The average molecular weight is 159 g/mol. The molecule has 0 aliphatic heterocycles. The maximum absolute atomic E-state index is 11.1. The summed E-state index contributed by atoms with van der Waals surface area (Å²) < 4.78 is 0. The highest BCUT2D eigenvalue weighted by Crippen LogP contribution is 2.20. The molecular formula is C10H9NO. The molecule has 0 radical (unpaired) electrons. The molecule has 2 N–H and O–H groups in total. The second-order valence-electron chi connectivity index (χ2n) is 2.90. The first-order chi connectivity index (χ1) is 5.77. The van der Waals surface area contributed by atoms with E-state index in [9.17, 15) is 4.79 Å². The van der Waals surface area contributed by atoms with Crippen molar-refractivity contribution in [3.63, 3.8) is 0 Å². The van der Waals surface area contributed by atoms with E-state index < -0.39 is 0 Å². The van der Waals surface area contributed by atoms with E-state index in [1.807, 2.05) is 24.3 Å². The zero-order valence-electron chi connectivity index (χ0n) is 6.58. The Balaban J connectivity index is 2.60. The SMILES string of the molecule is NC1=CC(=O)Cc2ccccc21. The summed E-state index contributed by atoms with van der Waals surface area (Å²) in [6.45, 7) is 0. The van der Waals surface area contributed by atoms with Gasteiger partial charge in [0.15, 0.2) is 5.78 Å². The molecular weight excluding hydrogens is 150 g/mol. The van der Waals surface area contributed by atoms with E-state index in [2.05, 4.69) is 0 Å². The van der Waals surface area contributed by atoms with Crippen LogP contribution in [0.25, 0.3) is 5.70 Å². The molecule has 1 aliphatic carbocycles. The Morgan fingerprint density at radius 3 is 2.83 bits per heavy atom. The lowest BCUT2D eigenvalue weighted by Crippen LogP contribution is -2.12. The smallest absolute Gasteiger partial charge is 0.162 e. The standard InChI is InChI=1S/C10H9NO/c11-10-6-8(12)5-7-3-1-2-4-9(7)10/h1-4,6H,5,11H2. The summed E-state index contributed by atoms with van der Waals surface area (Å²) >= 11 is 0. The second-order valence-corrected chi connectivity index (χ2v) is 2.90. The lowest BCUT2D eigenvalue weighted by Gasteiger charge is -2.12. The second kappa shape index (κ2) is 2.48. The van der Waals surface area contributed by atoms with Crippen molar-refractivity contribution in [3.05, 3.63) is 41.5 Å². The molecule has 1 aliphatic rings. The van der Waals surface area contributed by atoms with Gasteiger partial charge in [0.1, 0.15) is 0 Å². The molecule has 0 saturated heterocycles. The summed E-state index contributed by atoms with van der Waals surface area (Å²) in [7, 11) is 0. The Kier molecular flexibility index (Phi) is 1.47. The molecule has 1 aromatic carbocycles. The third-order valence-electron chi connectivity index (χ3n) is 2.01. The van der Waals surface area contributed by atoms with Gasteiger partial charge in [-0.1, -0.05) is 24.3 Å². The van der Waals surface area contributed by atoms with Gasteiger partial charge in [0.05, 0.1) is 0 Å². The van der Waals surface area contributed by atoms with Crippen molar-refractivity contribution < 1.29 is 4.79 Å². The van der Waals surface area contributed by atoms with Crippen LogP contribution >= 0.6 is 0 Å². The van der Waals surface area contributed by atoms with Crippen LogP contribution in [-0.2, 0) is 11.2 Å². The lowest BCUT2D eigenvalue weighted by molar-refractivity contribution is -0.114. The molecule has 0 saturated carbocycles. The highest BCUT2D eigenvalue weighted by atomic mass is 16.1. The molecule has 0 bridgehead atoms. The Bertz CT molecular complexity index is 366. The fourth-order valence-corrected chi connectivity index (χ4v) is 1.45. The van der Waals surface area contributed by atoms with Crippen LogP contribution < -0.4 is 5.73 Å². The Hall–Kier alpha value is -1.57. The van der Waals surface area contributed by atoms with Crippen molar-refractivity contribution in [2.45, 2.75) is 6.42 Å². The van der Waals surface area contributed by atoms with Gasteiger partial charge in [-0.05, 0) is 5.56 Å². The minimum atomic E-state index is 0.0891. The number of carbonyl (C=O) groups excluding carboxylic acids is 1. The van der Waals surface area contributed by atoms with Crippen LogP contribution in [0.2, 0.25) is 0 Å². The zero-order chi connectivity index (χ0) is 8.55. The van der Waals surface area contributed by atoms with Crippen molar-refractivity contribution in [2.75, 3.05) is 0 Å². The molecule has 0 fully saturated rings. The molecule has 0 atom stereocenters. The number of benzene rings is 1. The van der Waals surface area contributed by atoms with Crippen LogP contribution in [0.5, 0.6) is 0 Å². The summed E-state index contributed by atoms with van der Waals surface area (Å²) in [6.07, 6.45) is 1.99. The van der Waals surface area contributed by atoms with Gasteiger partial charge in [0, 0.05) is 23.8 Å². The number of nitrogens with two attached hydrogens (primary N) is 1. The van der Waals surface area contributed by atoms with E-state index in [0.29, 0.717) is 12.1 Å². The Morgan fingerprint density at radius 1 is 1.25 bits per heavy atom. The molecule has 12 heavy (non-hydrogen) atoms. The average Bonchev–Trinajstić information content (AvgIpc) is 2.04. The lowest BCUT2D eigenvalue weighted by atomic mass is 9.94. The van der Waals surface area contributed by atoms with E-state index >= 15 is 0 Å². The number of allylic oxidation sites excluding steroid dienone is 1. The van der Waals surface area contributed by atoms with Crippen molar-refractivity contribution in [1.82, 2.24) is 0 Å². The van der Waals surface area contributed by atoms with E-state index in [4.69, 9.17) is 5.73 Å². The number of carbonyl (C=O) groups is 1. The minimum absolute atomic E-state index is 0.0891. The molecule has 0 amide bonds. The predicted octanol–water partition coefficient (Wildman–Crippen LogP) is 1.11. The number of ketones is 1. The van der Waals surface area contributed by atoms with Gasteiger partial charge in [-0.2, -0.15) is 0 Å². The molecule has 2 rings (SSSR count). The van der Waals surface area contributed by atoms with E-state index in [1.54, 1.807) is 0 Å². The topological polar surface area (TPSA) is 43.1 Å². The molecule has 0 heterocycles. The van der Waals surface area contributed by atoms with Crippen LogP contribution in [0, 0.1) is 0 Å². The van der Waals surface area contributed by atoms with Crippen molar-refractivity contribution in [3.8, 4) is 0 Å². The predicted molar refractivity (Wildman–Crippen MR) is 47.3 cm³/mol. The van der Waals surface area contributed by atoms with Crippen LogP contribution in [0.3, 0.4) is 0 Å². The highest BCUT2D eigenvalue weighted by molar-refractivity contribution is 6.01. The molecule has 0 spiro atoms. The molecule has 2 heteroatoms. The van der Waals surface area contributed by atoms with Crippen LogP contribution in [0.15, 0.2) is 30.3 Å². The van der Waals surface area contributed by atoms with Gasteiger partial charge >= 0.3 is 0 Å². The molecule has 0 unspecified atom stereocenters. The number of hydrogen-bond acceptors (Lipinski definition) is 2. The summed E-state index contributed by atoms with van der Waals surface area (Å²) in [5.41, 5.74) is 8.29. The van der Waals surface area contributed by atoms with Gasteiger partial charge in [-0.25, -0.2) is 0 Å². The van der Waals surface area contributed by atoms with Crippen molar-refractivity contribution >= 4 is 11.5 Å². The van der Waals surface area contributed by atoms with Gasteiger partial charge < -0.3 is 5.73 Å². The monoisotopic (exact) mass is 159 g/mol. The van der Waals surface area contributed by atoms with E-state index in [0.717, 1.165) is 11.1 Å². The third kappa shape index (κ3) is 1.01. The maximum Gasteiger partial charge on any atom is 0.162 e. The zero-order valence-corrected chi connectivity index (χ0v) is 6.58. The first-order valence-corrected chi connectivity index (χ1v) is 3.85. The number of fused-ring (bicyclic) bond motifs is 1. The molecule has 0 aromatic heterocycles. The third-order valence-corrected chi connectivity index (χ3v) is 2.01. The Morgan fingerprint density at radius 2 is 2.00 bits per heavy atom. The van der Waals surface area contributed by atoms with Gasteiger partial charge in [0.2, 0.25) is 0 Å². The summed E-state index contributed by atoms with van der Waals surface area (Å²) in [5.74, 6) is 0.0891. The number of hydrogen-bond donors (Lipinski definition) is 1. The molecule has 2 nitrogen and oxygen atoms in total. The maximum atomic E-state index is 11.1. The molecule has 60 valence electrons. The molecule has 1 aromatic rings. The van der Waals surface area contributed by atoms with Gasteiger partial charge in [-0.3, -0.25) is 4.79 Å². The van der Waals surface area contributed by atoms with Gasteiger partial charge in [0.25, 0.3) is 0 Å². The minimum Gasteiger partial charge on any atom is -0.398 e. The van der Waals surface area contributed by atoms with E-state index in [-0.39, 0.29) is 5.78 Å². The highest BCUT2D eigenvalue weighted by Gasteiger charge is 2.13. The first kappa shape index (κ1) is 7.10. The van der Waals surface area contributed by atoms with Gasteiger partial charge in [-0.15, -0.1) is 0 Å². The van der Waals surface area contributed by atoms with E-state index in [1.165, 1.54) is 6.08 Å². The summed E-state index contributed by atoms with van der Waals surface area (Å²) in [4.78, 5) is 11.1. The largest absolute Gasteiger partial charge is 0.398 e. The fraction of sp³-hybridized carbons (Fsp3) is 0.100. The summed E-state index contributed by atoms with van der Waals surface area (Å²) in [6, 6.07) is 7.72. The fourth-order valence-electron chi connectivity index (χ4n) is 1.45. The van der Waals surface area contributed by atoms with Crippen molar-refractivity contribution in [1.29, 1.82) is 0 Å². The first-order valence-electron chi connectivity index (χ1n) is 3.85. The van der Waals surface area contributed by atoms with Crippen LogP contribution in [-0.4, -0.2) is 5.78 Å². The quantitative estimate of drug-likeness (QED) is 0.616. The van der Waals surface area contributed by atoms with Crippen molar-refractivity contribution in [2.24, 2.45) is 5.73 Å². The van der Waals surface area contributed by atoms with Crippen LogP contribution in [0.1, 0.15) is 11.1 Å². The number of rotatable bonds is 0. The Labute approximate surface area is 70.7 Å². The van der Waals surface area contributed by atoms with Crippen LogP contribution in [0.4, 0.5) is 0 Å². The normalized spacial score (nSPS) is 15.3.